The predicted molar refractivity (Wildman–Crippen MR) is 102 cm³/mol. The Morgan fingerprint density at radius 1 is 1.19 bits per heavy atom. The van der Waals surface area contributed by atoms with Crippen LogP contribution in [0.5, 0.6) is 0 Å². The van der Waals surface area contributed by atoms with Gasteiger partial charge in [-0.05, 0) is 29.3 Å². The van der Waals surface area contributed by atoms with Crippen LogP contribution >= 0.6 is 0 Å². The van der Waals surface area contributed by atoms with E-state index < -0.39 is 0 Å². The number of nitrogens with one attached hydrogen (secondary N) is 1. The van der Waals surface area contributed by atoms with Crippen molar-refractivity contribution in [1.29, 1.82) is 0 Å². The number of amides is 3. The molecule has 2 aliphatic heterocycles. The number of fused-ring (bicyclic) bond motifs is 1. The van der Waals surface area contributed by atoms with Crippen molar-refractivity contribution in [3.05, 3.63) is 59.4 Å². The summed E-state index contributed by atoms with van der Waals surface area (Å²) in [6, 6.07) is 11.3. The van der Waals surface area contributed by atoms with E-state index >= 15 is 0 Å². The highest BCUT2D eigenvalue weighted by molar-refractivity contribution is 6.06. The molecule has 1 atom stereocenters. The molecule has 0 fully saturated rings. The van der Waals surface area contributed by atoms with E-state index in [0.717, 1.165) is 28.2 Å². The van der Waals surface area contributed by atoms with Crippen LogP contribution in [0.2, 0.25) is 0 Å². The topological polar surface area (TPSA) is 77.9 Å². The summed E-state index contributed by atoms with van der Waals surface area (Å²) in [6.45, 7) is 3.09. The maximum absolute atomic E-state index is 12.5. The maximum atomic E-state index is 12.5. The van der Waals surface area contributed by atoms with Crippen LogP contribution in [0.15, 0.2) is 47.7 Å². The summed E-state index contributed by atoms with van der Waals surface area (Å²) in [4.78, 5) is 30.3. The average molecular weight is 363 g/mol. The van der Waals surface area contributed by atoms with Crippen LogP contribution in [0.4, 0.5) is 10.5 Å². The number of benzene rings is 1. The number of rotatable bonds is 2. The molecule has 27 heavy (non-hydrogen) atoms. The Hall–Kier alpha value is -3.22. The molecule has 1 aromatic heterocycles. The molecule has 0 radical (unpaired) electrons. The molecule has 4 rings (SSSR count). The van der Waals surface area contributed by atoms with Crippen molar-refractivity contribution in [3.63, 3.8) is 0 Å². The third-order valence-electron chi connectivity index (χ3n) is 4.97. The lowest BCUT2D eigenvalue weighted by atomic mass is 9.94. The molecule has 1 aromatic carbocycles. The minimum Gasteiger partial charge on any atom is -0.314 e. The van der Waals surface area contributed by atoms with Crippen LogP contribution in [0.1, 0.15) is 30.2 Å². The van der Waals surface area contributed by atoms with Gasteiger partial charge in [0.05, 0.1) is 18.0 Å². The molecule has 1 unspecified atom stereocenters. The number of pyridine rings is 1. The predicted octanol–water partition coefficient (Wildman–Crippen LogP) is 2.83. The zero-order valence-electron chi connectivity index (χ0n) is 15.3. The molecular formula is C20H21N5O2. The fraction of sp³-hybridized carbons (Fsp3) is 0.300. The molecule has 7 nitrogen and oxygen atoms in total. The molecular weight excluding hydrogens is 342 g/mol. The van der Waals surface area contributed by atoms with Crippen molar-refractivity contribution in [1.82, 2.24) is 14.9 Å². The number of urea groups is 1. The van der Waals surface area contributed by atoms with Crippen molar-refractivity contribution in [2.75, 3.05) is 12.4 Å². The van der Waals surface area contributed by atoms with E-state index in [9.17, 15) is 9.59 Å². The number of nitrogens with zero attached hydrogens (tertiary/aromatic N) is 4. The largest absolute Gasteiger partial charge is 0.322 e. The first-order chi connectivity index (χ1) is 13.0. The third-order valence-corrected chi connectivity index (χ3v) is 4.97. The van der Waals surface area contributed by atoms with Crippen LogP contribution in [0, 0.1) is 5.92 Å². The monoisotopic (exact) mass is 363 g/mol. The van der Waals surface area contributed by atoms with E-state index in [2.05, 4.69) is 15.4 Å². The van der Waals surface area contributed by atoms with Gasteiger partial charge in [-0.3, -0.25) is 9.78 Å². The molecule has 2 aliphatic rings. The fourth-order valence-corrected chi connectivity index (χ4v) is 3.42. The summed E-state index contributed by atoms with van der Waals surface area (Å²) in [7, 11) is 1.67. The Balaban J connectivity index is 1.44. The number of anilines is 1. The molecule has 1 N–H and O–H groups in total. The first kappa shape index (κ1) is 17.2. The minimum absolute atomic E-state index is 0.0243. The summed E-state index contributed by atoms with van der Waals surface area (Å²) in [5.74, 6) is 0.0981. The number of hydrogen-bond donors (Lipinski definition) is 1. The van der Waals surface area contributed by atoms with E-state index in [1.54, 1.807) is 18.1 Å². The van der Waals surface area contributed by atoms with Gasteiger partial charge in [-0.15, -0.1) is 0 Å². The van der Waals surface area contributed by atoms with Gasteiger partial charge in [0.1, 0.15) is 0 Å². The van der Waals surface area contributed by atoms with Crippen LogP contribution in [0.3, 0.4) is 0 Å². The van der Waals surface area contributed by atoms with Gasteiger partial charge in [0, 0.05) is 37.8 Å². The average Bonchev–Trinajstić information content (AvgIpc) is 3.10. The lowest BCUT2D eigenvalue weighted by molar-refractivity contribution is -0.131. The summed E-state index contributed by atoms with van der Waals surface area (Å²) >= 11 is 0. The van der Waals surface area contributed by atoms with Crippen molar-refractivity contribution in [3.8, 4) is 0 Å². The van der Waals surface area contributed by atoms with Crippen LogP contribution < -0.4 is 5.32 Å². The summed E-state index contributed by atoms with van der Waals surface area (Å²) in [5.41, 5.74) is 4.60. The third kappa shape index (κ3) is 3.40. The van der Waals surface area contributed by atoms with E-state index in [0.29, 0.717) is 19.5 Å². The van der Waals surface area contributed by atoms with Crippen molar-refractivity contribution in [2.24, 2.45) is 11.0 Å². The van der Waals surface area contributed by atoms with Gasteiger partial charge in [0.25, 0.3) is 0 Å². The number of aromatic nitrogens is 1. The fourth-order valence-electron chi connectivity index (χ4n) is 3.42. The zero-order chi connectivity index (χ0) is 19.0. The smallest absolute Gasteiger partial charge is 0.314 e. The second-order valence-corrected chi connectivity index (χ2v) is 6.98. The number of carbonyl (C=O) groups excluding carboxylic acids is 2. The first-order valence-electron chi connectivity index (χ1n) is 8.95. The van der Waals surface area contributed by atoms with Gasteiger partial charge in [0.2, 0.25) is 5.91 Å². The van der Waals surface area contributed by atoms with Crippen LogP contribution in [-0.2, 0) is 17.9 Å². The molecule has 0 aliphatic carbocycles. The Morgan fingerprint density at radius 3 is 2.70 bits per heavy atom. The molecule has 3 amide bonds. The van der Waals surface area contributed by atoms with E-state index in [4.69, 9.17) is 0 Å². The molecule has 3 heterocycles. The summed E-state index contributed by atoms with van der Waals surface area (Å²) in [5, 5.41) is 8.71. The Kier molecular flexibility index (Phi) is 4.35. The lowest BCUT2D eigenvalue weighted by Gasteiger charge is -2.25. The van der Waals surface area contributed by atoms with Gasteiger partial charge in [-0.1, -0.05) is 25.1 Å². The number of hydrazone groups is 1. The highest BCUT2D eigenvalue weighted by Gasteiger charge is 2.26. The Labute approximate surface area is 157 Å². The van der Waals surface area contributed by atoms with E-state index in [1.165, 1.54) is 5.01 Å². The number of carbonyl (C=O) groups is 2. The molecule has 2 aromatic rings. The van der Waals surface area contributed by atoms with Gasteiger partial charge in [-0.2, -0.15) is 5.10 Å². The molecule has 138 valence electrons. The van der Waals surface area contributed by atoms with E-state index in [1.807, 2.05) is 43.3 Å². The SMILES string of the molecule is CC1CC(=O)N(C)N=C1c1ccc(NC(=O)N2Cc3cccnc3C2)cc1. The summed E-state index contributed by atoms with van der Waals surface area (Å²) < 4.78 is 0. The molecule has 0 spiro atoms. The minimum atomic E-state index is -0.144. The lowest BCUT2D eigenvalue weighted by Crippen LogP contribution is -2.33. The molecule has 0 bridgehead atoms. The first-order valence-corrected chi connectivity index (χ1v) is 8.95. The van der Waals surface area contributed by atoms with Crippen molar-refractivity contribution >= 4 is 23.3 Å². The van der Waals surface area contributed by atoms with Gasteiger partial charge in [0.15, 0.2) is 0 Å². The van der Waals surface area contributed by atoms with Gasteiger partial charge < -0.3 is 10.2 Å². The standard InChI is InChI=1S/C20H21N5O2/c1-13-10-18(26)24(2)23-19(13)14-5-7-16(8-6-14)22-20(27)25-11-15-4-3-9-21-17(15)12-25/h3-9,13H,10-12H2,1-2H3,(H,22,27). The Bertz CT molecular complexity index is 897. The van der Waals surface area contributed by atoms with Crippen LogP contribution in [0.25, 0.3) is 0 Å². The highest BCUT2D eigenvalue weighted by atomic mass is 16.2. The highest BCUT2D eigenvalue weighted by Crippen LogP contribution is 2.23. The number of hydrogen-bond acceptors (Lipinski definition) is 4. The zero-order valence-corrected chi connectivity index (χ0v) is 15.3. The molecule has 0 saturated carbocycles. The van der Waals surface area contributed by atoms with Crippen molar-refractivity contribution < 1.29 is 9.59 Å². The normalized spacial score (nSPS) is 19.0. The van der Waals surface area contributed by atoms with Crippen LogP contribution in [-0.4, -0.2) is 39.6 Å². The second-order valence-electron chi connectivity index (χ2n) is 6.98. The molecule has 0 saturated heterocycles. The quantitative estimate of drug-likeness (QED) is 0.891. The molecule has 7 heteroatoms. The maximum Gasteiger partial charge on any atom is 0.322 e. The van der Waals surface area contributed by atoms with E-state index in [-0.39, 0.29) is 17.9 Å². The second kappa shape index (κ2) is 6.83. The van der Waals surface area contributed by atoms with Crippen molar-refractivity contribution in [2.45, 2.75) is 26.4 Å². The van der Waals surface area contributed by atoms with Gasteiger partial charge in [-0.25, -0.2) is 9.80 Å². The summed E-state index contributed by atoms with van der Waals surface area (Å²) in [6.07, 6.45) is 2.20. The Morgan fingerprint density at radius 2 is 1.96 bits per heavy atom. The van der Waals surface area contributed by atoms with Gasteiger partial charge >= 0.3 is 6.03 Å².